The van der Waals surface area contributed by atoms with Crippen LogP contribution in [0.1, 0.15) is 97.4 Å². The van der Waals surface area contributed by atoms with Crippen molar-refractivity contribution in [3.63, 3.8) is 0 Å². The first-order valence-corrected chi connectivity index (χ1v) is 20.3. The van der Waals surface area contributed by atoms with Crippen molar-refractivity contribution in [2.24, 2.45) is 5.73 Å². The molecule has 0 amide bonds. The third-order valence-corrected chi connectivity index (χ3v) is 12.2. The molecule has 4 aromatic rings. The Kier molecular flexibility index (Phi) is 10.4. The topological polar surface area (TPSA) is 38.0 Å². The molecule has 3 aliphatic carbocycles. The Morgan fingerprint density at radius 1 is 0.875 bits per heavy atom. The van der Waals surface area contributed by atoms with E-state index in [-0.39, 0.29) is 11.5 Å². The van der Waals surface area contributed by atoms with E-state index in [1.165, 1.54) is 66.9 Å². The van der Waals surface area contributed by atoms with E-state index in [1.54, 1.807) is 0 Å². The molecule has 8 rings (SSSR count). The van der Waals surface area contributed by atoms with Crippen molar-refractivity contribution in [2.75, 3.05) is 0 Å². The van der Waals surface area contributed by atoms with E-state index >= 15 is 0 Å². The fourth-order valence-electron chi connectivity index (χ4n) is 9.30. The van der Waals surface area contributed by atoms with E-state index in [0.29, 0.717) is 11.6 Å². The van der Waals surface area contributed by atoms with Crippen LogP contribution in [0.15, 0.2) is 180 Å². The molecule has 0 saturated carbocycles. The van der Waals surface area contributed by atoms with Crippen molar-refractivity contribution in [3.8, 4) is 0 Å². The first kappa shape index (κ1) is 37.1. The number of fused-ring (bicyclic) bond motifs is 5. The van der Waals surface area contributed by atoms with Crippen LogP contribution in [0, 0.1) is 6.92 Å². The van der Waals surface area contributed by atoms with Gasteiger partial charge in [-0.3, -0.25) is 0 Å². The lowest BCUT2D eigenvalue weighted by Gasteiger charge is -2.30. The molecule has 1 heterocycles. The van der Waals surface area contributed by atoms with Gasteiger partial charge in [-0.25, -0.2) is 0 Å². The fraction of sp³-hybridized carbons (Fsp3) is 0.222. The van der Waals surface area contributed by atoms with Crippen LogP contribution in [0.2, 0.25) is 0 Å². The summed E-state index contributed by atoms with van der Waals surface area (Å²) >= 11 is 0. The van der Waals surface area contributed by atoms with E-state index < -0.39 is 0 Å². The van der Waals surface area contributed by atoms with E-state index in [4.69, 9.17) is 5.73 Å². The van der Waals surface area contributed by atoms with Crippen LogP contribution >= 0.6 is 0 Å². The first-order valence-electron chi connectivity index (χ1n) is 20.3. The van der Waals surface area contributed by atoms with Crippen molar-refractivity contribution in [1.29, 1.82) is 0 Å². The minimum absolute atomic E-state index is 0.0235. The minimum atomic E-state index is -0.0235. The molecule has 4 aromatic carbocycles. The third kappa shape index (κ3) is 7.29. The highest BCUT2D eigenvalue weighted by Gasteiger charge is 2.44. The predicted molar refractivity (Wildman–Crippen MR) is 240 cm³/mol. The summed E-state index contributed by atoms with van der Waals surface area (Å²) in [5.74, 6) is 0.394. The highest BCUT2D eigenvalue weighted by molar-refractivity contribution is 5.85. The quantitative estimate of drug-likeness (QED) is 0.177. The fourth-order valence-corrected chi connectivity index (χ4v) is 9.30. The zero-order valence-corrected chi connectivity index (χ0v) is 33.6. The van der Waals surface area contributed by atoms with Crippen LogP contribution in [0.25, 0.3) is 22.3 Å². The van der Waals surface area contributed by atoms with Gasteiger partial charge in [0.25, 0.3) is 0 Å². The van der Waals surface area contributed by atoms with Gasteiger partial charge >= 0.3 is 0 Å². The number of allylic oxidation sites excluding steroid dienone is 15. The zero-order valence-electron chi connectivity index (χ0n) is 33.6. The Morgan fingerprint density at radius 2 is 1.68 bits per heavy atom. The van der Waals surface area contributed by atoms with Gasteiger partial charge in [0.1, 0.15) is 0 Å². The minimum Gasteiger partial charge on any atom is -0.399 e. The van der Waals surface area contributed by atoms with Crippen molar-refractivity contribution >= 4 is 22.3 Å². The predicted octanol–water partition coefficient (Wildman–Crippen LogP) is 12.9. The number of rotatable bonds is 8. The lowest BCUT2D eigenvalue weighted by molar-refractivity contribution is 0.605. The average Bonchev–Trinajstić information content (AvgIpc) is 3.33. The van der Waals surface area contributed by atoms with Crippen molar-refractivity contribution in [1.82, 2.24) is 5.32 Å². The second kappa shape index (κ2) is 15.7. The smallest absolute Gasteiger partial charge is 0.0494 e. The number of aryl methyl sites for hydroxylation is 1. The van der Waals surface area contributed by atoms with Gasteiger partial charge in [-0.2, -0.15) is 0 Å². The molecule has 4 aliphatic rings. The molecule has 2 heteroatoms. The maximum Gasteiger partial charge on any atom is 0.0494 e. The highest BCUT2D eigenvalue weighted by atomic mass is 14.9. The summed E-state index contributed by atoms with van der Waals surface area (Å²) in [6.45, 7) is 11.2. The summed E-state index contributed by atoms with van der Waals surface area (Å²) in [5.41, 5.74) is 27.1. The molecule has 2 atom stereocenters. The monoisotopic (exact) mass is 730 g/mol. The maximum absolute atomic E-state index is 7.13. The molecule has 3 N–H and O–H groups in total. The molecular formula is C54H54N2. The Balaban J connectivity index is 1.26. The highest BCUT2D eigenvalue weighted by Crippen LogP contribution is 2.56. The molecule has 2 unspecified atom stereocenters. The summed E-state index contributed by atoms with van der Waals surface area (Å²) in [7, 11) is 0. The van der Waals surface area contributed by atoms with Crippen LogP contribution in [-0.4, -0.2) is 6.04 Å². The van der Waals surface area contributed by atoms with Crippen LogP contribution in [0.5, 0.6) is 0 Å². The van der Waals surface area contributed by atoms with Gasteiger partial charge in [0.05, 0.1) is 0 Å². The lowest BCUT2D eigenvalue weighted by Crippen LogP contribution is -2.29. The molecule has 0 spiro atoms. The van der Waals surface area contributed by atoms with Gasteiger partial charge < -0.3 is 11.1 Å². The summed E-state index contributed by atoms with van der Waals surface area (Å²) < 4.78 is 0. The number of hydrogen-bond acceptors (Lipinski definition) is 2. The Labute approximate surface area is 334 Å². The van der Waals surface area contributed by atoms with Crippen molar-refractivity contribution < 1.29 is 0 Å². The third-order valence-electron chi connectivity index (χ3n) is 12.2. The Bertz CT molecular complexity index is 2460. The van der Waals surface area contributed by atoms with E-state index in [0.717, 1.165) is 42.4 Å². The van der Waals surface area contributed by atoms with Crippen molar-refractivity contribution in [2.45, 2.75) is 77.7 Å². The van der Waals surface area contributed by atoms with Gasteiger partial charge in [-0.05, 0) is 143 Å². The number of hydrogen-bond donors (Lipinski definition) is 2. The first-order chi connectivity index (χ1) is 27.2. The van der Waals surface area contributed by atoms with E-state index in [1.807, 2.05) is 6.92 Å². The number of nitrogens with one attached hydrogen (secondary N) is 1. The summed E-state index contributed by atoms with van der Waals surface area (Å²) in [4.78, 5) is 0. The molecule has 0 saturated heterocycles. The molecule has 1 aliphatic heterocycles. The molecule has 0 aromatic heterocycles. The van der Waals surface area contributed by atoms with Gasteiger partial charge in [0, 0.05) is 28.8 Å². The summed E-state index contributed by atoms with van der Waals surface area (Å²) in [6, 6.07) is 35.7. The van der Waals surface area contributed by atoms with Gasteiger partial charge in [-0.15, -0.1) is 0 Å². The Hall–Kier alpha value is -5.86. The molecule has 2 nitrogen and oxygen atoms in total. The van der Waals surface area contributed by atoms with Crippen LogP contribution in [-0.2, 0) is 11.8 Å². The lowest BCUT2D eigenvalue weighted by atomic mass is 9.75. The second-order valence-electron chi connectivity index (χ2n) is 16.3. The van der Waals surface area contributed by atoms with Crippen LogP contribution in [0.4, 0.5) is 0 Å². The van der Waals surface area contributed by atoms with E-state index in [9.17, 15) is 0 Å². The largest absolute Gasteiger partial charge is 0.399 e. The van der Waals surface area contributed by atoms with Crippen LogP contribution < -0.4 is 11.1 Å². The number of nitrogens with two attached hydrogens (primary N) is 1. The van der Waals surface area contributed by atoms with Crippen LogP contribution in [0.3, 0.4) is 0 Å². The van der Waals surface area contributed by atoms with E-state index in [2.05, 4.69) is 191 Å². The second-order valence-corrected chi connectivity index (χ2v) is 16.3. The van der Waals surface area contributed by atoms with Gasteiger partial charge in [0.2, 0.25) is 0 Å². The zero-order chi connectivity index (χ0) is 38.8. The molecule has 280 valence electrons. The standard InChI is InChI=1S/C54H54N2/c1-6-7-18-37(3)48(45-25-13-11-19-36(45)2)33-43(55)30-42(40-24-17-23-39(29-40)38-20-9-8-10-21-38)32-44-31-41-22-12-14-26-46(41)50-34-49-47-27-15-16-28-51(47)54(4,5)52(49)35-53(50)56-44/h6-7,9,11-30,32-33,35,44,49,56H,8,10,31,34,55H2,1-5H3/b7-6-,37-18-,42-32+,43-30-,48-33-. The van der Waals surface area contributed by atoms with Crippen molar-refractivity contribution in [3.05, 3.63) is 225 Å². The molecule has 0 radical (unpaired) electrons. The normalized spacial score (nSPS) is 20.7. The SMILES string of the molecule is C\C=C/C=C(C)\C(=C\C(N)=C\C(=C/C1Cc2ccccc2C2=C(C=C3C(C2)c2ccccc2C3(C)C)N1)c1cccc(C2=CCCC=C2)c1)c1ccccc1C. The number of benzene rings is 4. The Morgan fingerprint density at radius 3 is 2.50 bits per heavy atom. The summed E-state index contributed by atoms with van der Waals surface area (Å²) in [5, 5.41) is 4.11. The van der Waals surface area contributed by atoms with Gasteiger partial charge in [0.15, 0.2) is 0 Å². The molecular weight excluding hydrogens is 677 g/mol. The molecule has 0 bridgehead atoms. The maximum atomic E-state index is 7.13. The van der Waals surface area contributed by atoms with Gasteiger partial charge in [-0.1, -0.05) is 153 Å². The average molecular weight is 731 g/mol. The summed E-state index contributed by atoms with van der Waals surface area (Å²) in [6.07, 6.45) is 26.5. The molecule has 0 fully saturated rings. The molecule has 56 heavy (non-hydrogen) atoms.